The molecule has 0 fully saturated rings. The Labute approximate surface area is 132 Å². The predicted molar refractivity (Wildman–Crippen MR) is 89.1 cm³/mol. The van der Waals surface area contributed by atoms with Gasteiger partial charge in [0.15, 0.2) is 6.10 Å². The van der Waals surface area contributed by atoms with Crippen molar-refractivity contribution in [3.05, 3.63) is 57.7 Å². The topological polar surface area (TPSA) is 38.3 Å². The number of hydrogen-bond donors (Lipinski definition) is 1. The Morgan fingerprint density at radius 2 is 1.90 bits per heavy atom. The van der Waals surface area contributed by atoms with E-state index in [0.717, 1.165) is 14.8 Å². The lowest BCUT2D eigenvalue weighted by atomic mass is 10.2. The first-order valence-electron chi connectivity index (χ1n) is 6.34. The fraction of sp³-hybridized carbons (Fsp3) is 0.188. The van der Waals surface area contributed by atoms with Crippen LogP contribution in [0.15, 0.2) is 48.5 Å². The molecule has 20 heavy (non-hydrogen) atoms. The molecule has 0 aromatic heterocycles. The van der Waals surface area contributed by atoms with Crippen molar-refractivity contribution in [2.45, 2.75) is 20.0 Å². The second-order valence-electron chi connectivity index (χ2n) is 4.57. The van der Waals surface area contributed by atoms with E-state index < -0.39 is 6.10 Å². The van der Waals surface area contributed by atoms with Crippen LogP contribution in [0.4, 0.5) is 5.69 Å². The summed E-state index contributed by atoms with van der Waals surface area (Å²) in [5.74, 6) is 0.544. The third-order valence-corrected chi connectivity index (χ3v) is 3.50. The zero-order valence-corrected chi connectivity index (χ0v) is 13.5. The van der Waals surface area contributed by atoms with E-state index in [1.54, 1.807) is 6.92 Å². The Morgan fingerprint density at radius 1 is 1.20 bits per heavy atom. The van der Waals surface area contributed by atoms with E-state index in [0.29, 0.717) is 5.75 Å². The van der Waals surface area contributed by atoms with Crippen LogP contribution in [0.3, 0.4) is 0 Å². The van der Waals surface area contributed by atoms with Crippen LogP contribution in [-0.2, 0) is 4.79 Å². The summed E-state index contributed by atoms with van der Waals surface area (Å²) in [5, 5.41) is 2.84. The monoisotopic (exact) mass is 381 g/mol. The number of carbonyl (C=O) groups is 1. The summed E-state index contributed by atoms with van der Waals surface area (Å²) in [4.78, 5) is 12.0. The van der Waals surface area contributed by atoms with Gasteiger partial charge in [-0.15, -0.1) is 0 Å². The van der Waals surface area contributed by atoms with Gasteiger partial charge in [-0.1, -0.05) is 12.1 Å². The molecule has 0 saturated heterocycles. The van der Waals surface area contributed by atoms with Gasteiger partial charge in [0.1, 0.15) is 5.75 Å². The molecule has 4 heteroatoms. The lowest BCUT2D eigenvalue weighted by Crippen LogP contribution is -2.30. The smallest absolute Gasteiger partial charge is 0.265 e. The Kier molecular flexibility index (Phi) is 5.00. The number of aryl methyl sites for hydroxylation is 1. The summed E-state index contributed by atoms with van der Waals surface area (Å²) >= 11 is 2.22. The van der Waals surface area contributed by atoms with Crippen molar-refractivity contribution < 1.29 is 9.53 Å². The molecular weight excluding hydrogens is 365 g/mol. The Bertz CT molecular complexity index is 596. The van der Waals surface area contributed by atoms with Gasteiger partial charge >= 0.3 is 0 Å². The SMILES string of the molecule is Cc1cccc(O[C@@H](C)C(=O)Nc2ccc(I)cc2)c1. The maximum Gasteiger partial charge on any atom is 0.265 e. The highest BCUT2D eigenvalue weighted by Crippen LogP contribution is 2.16. The van der Waals surface area contributed by atoms with Crippen molar-refractivity contribution in [2.24, 2.45) is 0 Å². The molecule has 0 aliphatic carbocycles. The molecule has 1 atom stereocenters. The first kappa shape index (κ1) is 14.8. The van der Waals surface area contributed by atoms with Crippen LogP contribution in [0, 0.1) is 10.5 Å². The zero-order chi connectivity index (χ0) is 14.5. The van der Waals surface area contributed by atoms with E-state index >= 15 is 0 Å². The van der Waals surface area contributed by atoms with Crippen molar-refractivity contribution in [3.8, 4) is 5.75 Å². The van der Waals surface area contributed by atoms with Crippen LogP contribution in [0.25, 0.3) is 0 Å². The van der Waals surface area contributed by atoms with Gasteiger partial charge in [-0.05, 0) is 78.4 Å². The molecule has 0 aliphatic rings. The average Bonchev–Trinajstić information content (AvgIpc) is 2.41. The number of benzene rings is 2. The standard InChI is InChI=1S/C16H16INO2/c1-11-4-3-5-15(10-11)20-12(2)16(19)18-14-8-6-13(17)7-9-14/h3-10,12H,1-2H3,(H,18,19)/t12-/m0/s1. The maximum absolute atomic E-state index is 12.0. The molecule has 0 unspecified atom stereocenters. The molecule has 1 N–H and O–H groups in total. The quantitative estimate of drug-likeness (QED) is 0.813. The highest BCUT2D eigenvalue weighted by molar-refractivity contribution is 14.1. The van der Waals surface area contributed by atoms with Crippen LogP contribution < -0.4 is 10.1 Å². The summed E-state index contributed by atoms with van der Waals surface area (Å²) in [6, 6.07) is 15.3. The van der Waals surface area contributed by atoms with Gasteiger partial charge in [-0.2, -0.15) is 0 Å². The minimum Gasteiger partial charge on any atom is -0.481 e. The van der Waals surface area contributed by atoms with E-state index in [1.807, 2.05) is 55.5 Å². The molecule has 104 valence electrons. The number of anilines is 1. The van der Waals surface area contributed by atoms with E-state index in [-0.39, 0.29) is 5.91 Å². The Hall–Kier alpha value is -1.56. The summed E-state index contributed by atoms with van der Waals surface area (Å²) < 4.78 is 6.77. The summed E-state index contributed by atoms with van der Waals surface area (Å²) in [7, 11) is 0. The molecular formula is C16H16INO2. The van der Waals surface area contributed by atoms with Gasteiger partial charge in [0.05, 0.1) is 0 Å². The minimum atomic E-state index is -0.545. The third-order valence-electron chi connectivity index (χ3n) is 2.78. The number of halogens is 1. The van der Waals surface area contributed by atoms with E-state index in [4.69, 9.17) is 4.74 Å². The Balaban J connectivity index is 1.96. The lowest BCUT2D eigenvalue weighted by molar-refractivity contribution is -0.122. The van der Waals surface area contributed by atoms with Crippen molar-refractivity contribution in [1.82, 2.24) is 0 Å². The van der Waals surface area contributed by atoms with Crippen LogP contribution in [0.2, 0.25) is 0 Å². The molecule has 0 radical (unpaired) electrons. The van der Waals surface area contributed by atoms with Gasteiger partial charge in [0, 0.05) is 9.26 Å². The second kappa shape index (κ2) is 6.74. The average molecular weight is 381 g/mol. The number of ether oxygens (including phenoxy) is 1. The van der Waals surface area contributed by atoms with Gasteiger partial charge in [-0.3, -0.25) is 4.79 Å². The molecule has 2 rings (SSSR count). The van der Waals surface area contributed by atoms with E-state index in [9.17, 15) is 4.79 Å². The lowest BCUT2D eigenvalue weighted by Gasteiger charge is -2.15. The largest absolute Gasteiger partial charge is 0.481 e. The van der Waals surface area contributed by atoms with Gasteiger partial charge in [0.2, 0.25) is 0 Å². The summed E-state index contributed by atoms with van der Waals surface area (Å²) in [5.41, 5.74) is 1.88. The van der Waals surface area contributed by atoms with Crippen LogP contribution in [-0.4, -0.2) is 12.0 Å². The molecule has 0 bridgehead atoms. The minimum absolute atomic E-state index is 0.160. The highest BCUT2D eigenvalue weighted by atomic mass is 127. The molecule has 0 heterocycles. The van der Waals surface area contributed by atoms with Crippen molar-refractivity contribution in [3.63, 3.8) is 0 Å². The third kappa shape index (κ3) is 4.23. The fourth-order valence-corrected chi connectivity index (χ4v) is 2.08. The van der Waals surface area contributed by atoms with Gasteiger partial charge < -0.3 is 10.1 Å². The zero-order valence-electron chi connectivity index (χ0n) is 11.4. The number of carbonyl (C=O) groups excluding carboxylic acids is 1. The van der Waals surface area contributed by atoms with Crippen molar-refractivity contribution >= 4 is 34.2 Å². The first-order chi connectivity index (χ1) is 9.54. The summed E-state index contributed by atoms with van der Waals surface area (Å²) in [6.45, 7) is 3.73. The number of hydrogen-bond acceptors (Lipinski definition) is 2. The summed E-state index contributed by atoms with van der Waals surface area (Å²) in [6.07, 6.45) is -0.545. The molecule has 0 spiro atoms. The van der Waals surface area contributed by atoms with Gasteiger partial charge in [0.25, 0.3) is 5.91 Å². The number of amides is 1. The molecule has 0 saturated carbocycles. The second-order valence-corrected chi connectivity index (χ2v) is 5.82. The molecule has 1 amide bonds. The van der Waals surface area contributed by atoms with Crippen molar-refractivity contribution in [2.75, 3.05) is 5.32 Å². The predicted octanol–water partition coefficient (Wildman–Crippen LogP) is 4.01. The van der Waals surface area contributed by atoms with Crippen LogP contribution in [0.1, 0.15) is 12.5 Å². The molecule has 3 nitrogen and oxygen atoms in total. The van der Waals surface area contributed by atoms with Gasteiger partial charge in [-0.25, -0.2) is 0 Å². The highest BCUT2D eigenvalue weighted by Gasteiger charge is 2.14. The van der Waals surface area contributed by atoms with Crippen molar-refractivity contribution in [1.29, 1.82) is 0 Å². The Morgan fingerprint density at radius 3 is 2.55 bits per heavy atom. The fourth-order valence-electron chi connectivity index (χ4n) is 1.72. The normalized spacial score (nSPS) is 11.8. The van der Waals surface area contributed by atoms with E-state index in [2.05, 4.69) is 27.9 Å². The van der Waals surface area contributed by atoms with Crippen LogP contribution >= 0.6 is 22.6 Å². The van der Waals surface area contributed by atoms with Crippen LogP contribution in [0.5, 0.6) is 5.75 Å². The number of nitrogens with one attached hydrogen (secondary N) is 1. The molecule has 2 aromatic carbocycles. The number of rotatable bonds is 4. The molecule has 0 aliphatic heterocycles. The van der Waals surface area contributed by atoms with E-state index in [1.165, 1.54) is 0 Å². The molecule has 2 aromatic rings. The maximum atomic E-state index is 12.0. The first-order valence-corrected chi connectivity index (χ1v) is 7.42.